The molecule has 170 valence electrons. The van der Waals surface area contributed by atoms with Crippen molar-refractivity contribution >= 4 is 28.6 Å². The van der Waals surface area contributed by atoms with E-state index < -0.39 is 45.8 Å². The molecule has 3 aromatic rings. The van der Waals surface area contributed by atoms with Crippen molar-refractivity contribution in [2.24, 2.45) is 0 Å². The van der Waals surface area contributed by atoms with E-state index in [1.54, 1.807) is 20.1 Å². The molecule has 1 atom stereocenters. The highest BCUT2D eigenvalue weighted by atomic mass is 32.2. The van der Waals surface area contributed by atoms with Crippen molar-refractivity contribution in [3.8, 4) is 0 Å². The largest absolute Gasteiger partial charge is 0.462 e. The summed E-state index contributed by atoms with van der Waals surface area (Å²) in [5.74, 6) is -5.63. The Morgan fingerprint density at radius 2 is 1.84 bits per heavy atom. The van der Waals surface area contributed by atoms with E-state index in [9.17, 15) is 22.8 Å². The highest BCUT2D eigenvalue weighted by molar-refractivity contribution is 7.98. The third kappa shape index (κ3) is 4.54. The number of hydrogen-bond donors (Lipinski definition) is 0. The SMILES string of the molecule is CCOC(=O)c1c(SC)n([C@@H](C)COCc2ccccc2)c2c(F)c(F)c(F)cc2c1=O. The van der Waals surface area contributed by atoms with Crippen molar-refractivity contribution in [1.29, 1.82) is 0 Å². The lowest BCUT2D eigenvalue weighted by Crippen LogP contribution is -2.27. The number of esters is 1. The Morgan fingerprint density at radius 3 is 2.47 bits per heavy atom. The second kappa shape index (κ2) is 10.2. The number of fused-ring (bicyclic) bond motifs is 1. The van der Waals surface area contributed by atoms with Crippen LogP contribution in [-0.2, 0) is 16.1 Å². The predicted octanol–water partition coefficient (Wildman–Crippen LogP) is 5.10. The zero-order chi connectivity index (χ0) is 23.4. The summed E-state index contributed by atoms with van der Waals surface area (Å²) in [4.78, 5) is 25.6. The Labute approximate surface area is 187 Å². The number of pyridine rings is 1. The molecule has 2 aromatic carbocycles. The molecule has 3 rings (SSSR count). The van der Waals surface area contributed by atoms with Crippen LogP contribution in [0, 0.1) is 17.5 Å². The van der Waals surface area contributed by atoms with Crippen molar-refractivity contribution in [2.75, 3.05) is 19.5 Å². The fourth-order valence-electron chi connectivity index (χ4n) is 3.45. The molecule has 0 saturated heterocycles. The van der Waals surface area contributed by atoms with Crippen molar-refractivity contribution in [3.05, 3.63) is 75.2 Å². The molecule has 0 radical (unpaired) electrons. The Kier molecular flexibility index (Phi) is 7.63. The van der Waals surface area contributed by atoms with E-state index in [2.05, 4.69) is 0 Å². The number of rotatable bonds is 8. The van der Waals surface area contributed by atoms with Crippen LogP contribution >= 0.6 is 11.8 Å². The quantitative estimate of drug-likeness (QED) is 0.263. The molecule has 0 amide bonds. The predicted molar refractivity (Wildman–Crippen MR) is 117 cm³/mol. The number of aromatic nitrogens is 1. The number of nitrogens with zero attached hydrogens (tertiary/aromatic N) is 1. The molecule has 9 heteroatoms. The van der Waals surface area contributed by atoms with E-state index in [1.807, 2.05) is 30.3 Å². The standard InChI is InChI=1S/C23H22F3NO4S/c1-4-31-23(29)17-21(28)15-10-16(24)18(25)19(26)20(15)27(22(17)32-3)13(2)11-30-12-14-8-6-5-7-9-14/h5-10,13H,4,11-12H2,1-3H3/t13-/m0/s1. The molecular weight excluding hydrogens is 443 g/mol. The van der Waals surface area contributed by atoms with Crippen LogP contribution in [0.2, 0.25) is 0 Å². The van der Waals surface area contributed by atoms with Gasteiger partial charge in [-0.2, -0.15) is 0 Å². The molecule has 0 aliphatic heterocycles. The van der Waals surface area contributed by atoms with Gasteiger partial charge in [0.1, 0.15) is 5.56 Å². The minimum absolute atomic E-state index is 0.00596. The van der Waals surface area contributed by atoms with Crippen LogP contribution in [0.15, 0.2) is 46.2 Å². The Hall–Kier alpha value is -2.78. The number of benzene rings is 2. The Morgan fingerprint density at radius 1 is 1.16 bits per heavy atom. The van der Waals surface area contributed by atoms with E-state index in [0.717, 1.165) is 17.3 Å². The normalized spacial score (nSPS) is 12.2. The van der Waals surface area contributed by atoms with Crippen LogP contribution in [0.3, 0.4) is 0 Å². The highest BCUT2D eigenvalue weighted by Gasteiger charge is 2.29. The van der Waals surface area contributed by atoms with Crippen molar-refractivity contribution < 1.29 is 27.4 Å². The van der Waals surface area contributed by atoms with Gasteiger partial charge in [-0.1, -0.05) is 30.3 Å². The summed E-state index contributed by atoms with van der Waals surface area (Å²) in [5.41, 5.74) is -0.787. The van der Waals surface area contributed by atoms with Gasteiger partial charge in [0.05, 0.1) is 41.8 Å². The van der Waals surface area contributed by atoms with Gasteiger partial charge in [0.25, 0.3) is 0 Å². The smallest absolute Gasteiger partial charge is 0.344 e. The number of carbonyl (C=O) groups is 1. The van der Waals surface area contributed by atoms with E-state index in [-0.39, 0.29) is 30.4 Å². The molecule has 0 fully saturated rings. The monoisotopic (exact) mass is 465 g/mol. The molecular formula is C23H22F3NO4S. The van der Waals surface area contributed by atoms with Crippen LogP contribution in [0.5, 0.6) is 0 Å². The Bertz CT molecular complexity index is 1200. The molecule has 0 spiro atoms. The van der Waals surface area contributed by atoms with Crippen molar-refractivity contribution in [2.45, 2.75) is 31.5 Å². The van der Waals surface area contributed by atoms with Gasteiger partial charge in [-0.05, 0) is 31.7 Å². The molecule has 0 saturated carbocycles. The second-order valence-corrected chi connectivity index (χ2v) is 7.83. The fraction of sp³-hybridized carbons (Fsp3) is 0.304. The minimum Gasteiger partial charge on any atom is -0.462 e. The molecule has 0 aliphatic carbocycles. The maximum absolute atomic E-state index is 14.9. The summed E-state index contributed by atoms with van der Waals surface area (Å²) in [6.45, 7) is 3.58. The first-order valence-electron chi connectivity index (χ1n) is 9.90. The zero-order valence-corrected chi connectivity index (χ0v) is 18.6. The number of ether oxygens (including phenoxy) is 2. The summed E-state index contributed by atoms with van der Waals surface area (Å²) in [6.07, 6.45) is 1.59. The van der Waals surface area contributed by atoms with Crippen LogP contribution in [0.25, 0.3) is 10.9 Å². The summed E-state index contributed by atoms with van der Waals surface area (Å²) in [5, 5.41) is -0.362. The van der Waals surface area contributed by atoms with E-state index >= 15 is 0 Å². The maximum Gasteiger partial charge on any atom is 0.344 e. The zero-order valence-electron chi connectivity index (χ0n) is 17.8. The number of thioether (sulfide) groups is 1. The third-order valence-electron chi connectivity index (χ3n) is 4.87. The van der Waals surface area contributed by atoms with Gasteiger partial charge in [0.2, 0.25) is 5.43 Å². The van der Waals surface area contributed by atoms with Crippen molar-refractivity contribution in [1.82, 2.24) is 4.57 Å². The lowest BCUT2D eigenvalue weighted by Gasteiger charge is -2.24. The van der Waals surface area contributed by atoms with Gasteiger partial charge in [-0.25, -0.2) is 18.0 Å². The number of halogens is 3. The highest BCUT2D eigenvalue weighted by Crippen LogP contribution is 2.31. The average Bonchev–Trinajstić information content (AvgIpc) is 2.78. The lowest BCUT2D eigenvalue weighted by atomic mass is 10.1. The lowest BCUT2D eigenvalue weighted by molar-refractivity contribution is 0.0516. The number of hydrogen-bond acceptors (Lipinski definition) is 5. The topological polar surface area (TPSA) is 57.5 Å². The third-order valence-corrected chi connectivity index (χ3v) is 5.65. The molecule has 1 heterocycles. The first-order chi connectivity index (χ1) is 15.3. The van der Waals surface area contributed by atoms with Crippen LogP contribution < -0.4 is 5.43 Å². The average molecular weight is 465 g/mol. The van der Waals surface area contributed by atoms with Gasteiger partial charge in [-0.15, -0.1) is 11.8 Å². The minimum atomic E-state index is -1.70. The summed E-state index contributed by atoms with van der Waals surface area (Å²) >= 11 is 1.01. The molecule has 0 unspecified atom stereocenters. The van der Waals surface area contributed by atoms with Crippen LogP contribution in [-0.4, -0.2) is 30.0 Å². The fourth-order valence-corrected chi connectivity index (χ4v) is 4.30. The van der Waals surface area contributed by atoms with E-state index in [0.29, 0.717) is 6.07 Å². The molecule has 0 N–H and O–H groups in total. The van der Waals surface area contributed by atoms with E-state index in [1.165, 1.54) is 4.57 Å². The van der Waals surface area contributed by atoms with Gasteiger partial charge in [0.15, 0.2) is 17.5 Å². The second-order valence-electron chi connectivity index (χ2n) is 7.04. The van der Waals surface area contributed by atoms with Gasteiger partial charge in [0, 0.05) is 0 Å². The summed E-state index contributed by atoms with van der Waals surface area (Å²) in [7, 11) is 0. The number of carbonyl (C=O) groups excluding carboxylic acids is 1. The summed E-state index contributed by atoms with van der Waals surface area (Å²) < 4.78 is 55.0. The molecule has 32 heavy (non-hydrogen) atoms. The van der Waals surface area contributed by atoms with Gasteiger partial charge in [-0.3, -0.25) is 4.79 Å². The van der Waals surface area contributed by atoms with Crippen molar-refractivity contribution in [3.63, 3.8) is 0 Å². The molecule has 5 nitrogen and oxygen atoms in total. The molecule has 1 aromatic heterocycles. The van der Waals surface area contributed by atoms with Crippen LogP contribution in [0.1, 0.15) is 35.8 Å². The van der Waals surface area contributed by atoms with Gasteiger partial charge >= 0.3 is 5.97 Å². The maximum atomic E-state index is 14.9. The van der Waals surface area contributed by atoms with Gasteiger partial charge < -0.3 is 14.0 Å². The molecule has 0 aliphatic rings. The first-order valence-corrected chi connectivity index (χ1v) is 11.1. The molecule has 0 bridgehead atoms. The first kappa shape index (κ1) is 23.9. The Balaban J connectivity index is 2.17. The van der Waals surface area contributed by atoms with E-state index in [4.69, 9.17) is 9.47 Å². The van der Waals surface area contributed by atoms with Crippen LogP contribution in [0.4, 0.5) is 13.2 Å². The summed E-state index contributed by atoms with van der Waals surface area (Å²) in [6, 6.07) is 9.33.